The summed E-state index contributed by atoms with van der Waals surface area (Å²) in [5.74, 6) is 0.707. The number of carbonyl (C=O) groups excluding carboxylic acids is 1. The van der Waals surface area contributed by atoms with Crippen molar-refractivity contribution >= 4 is 22.4 Å². The van der Waals surface area contributed by atoms with Gasteiger partial charge in [-0.25, -0.2) is 0 Å². The van der Waals surface area contributed by atoms with Crippen molar-refractivity contribution in [2.75, 3.05) is 24.7 Å². The number of benzene rings is 1. The van der Waals surface area contributed by atoms with Gasteiger partial charge in [-0.2, -0.15) is 0 Å². The van der Waals surface area contributed by atoms with Crippen molar-refractivity contribution in [3.63, 3.8) is 0 Å². The molecule has 20 heavy (non-hydrogen) atoms. The summed E-state index contributed by atoms with van der Waals surface area (Å²) in [6.07, 6.45) is 5.48. The van der Waals surface area contributed by atoms with Gasteiger partial charge in [-0.3, -0.25) is 9.00 Å². The lowest BCUT2D eigenvalue weighted by Gasteiger charge is -2.22. The fraction of sp³-hybridized carbons (Fsp3) is 0.533. The van der Waals surface area contributed by atoms with Gasteiger partial charge in [0.15, 0.2) is 0 Å². The van der Waals surface area contributed by atoms with Gasteiger partial charge < -0.3 is 10.6 Å². The van der Waals surface area contributed by atoms with Crippen LogP contribution >= 0.6 is 0 Å². The maximum Gasteiger partial charge on any atom is 0.224 e. The van der Waals surface area contributed by atoms with Gasteiger partial charge in [0.05, 0.1) is 0 Å². The number of rotatable bonds is 5. The van der Waals surface area contributed by atoms with Gasteiger partial charge in [-0.15, -0.1) is 0 Å². The van der Waals surface area contributed by atoms with E-state index in [2.05, 4.69) is 10.6 Å². The Kier molecular flexibility index (Phi) is 5.73. The predicted octanol–water partition coefficient (Wildman–Crippen LogP) is 2.14. The molecule has 1 fully saturated rings. The van der Waals surface area contributed by atoms with Gasteiger partial charge in [0, 0.05) is 34.1 Å². The van der Waals surface area contributed by atoms with E-state index in [1.54, 1.807) is 18.4 Å². The third kappa shape index (κ3) is 4.72. The smallest absolute Gasteiger partial charge is 0.224 e. The van der Waals surface area contributed by atoms with E-state index in [1.807, 2.05) is 12.1 Å². The molecule has 2 N–H and O–H groups in total. The molecule has 0 aliphatic carbocycles. The Bertz CT molecular complexity index is 485. The molecule has 1 heterocycles. The highest BCUT2D eigenvalue weighted by atomic mass is 32.2. The van der Waals surface area contributed by atoms with E-state index in [9.17, 15) is 9.00 Å². The molecule has 4 nitrogen and oxygen atoms in total. The number of piperidine rings is 1. The Hall–Kier alpha value is -1.20. The van der Waals surface area contributed by atoms with Crippen LogP contribution in [0.1, 0.15) is 25.7 Å². The largest absolute Gasteiger partial charge is 0.326 e. The molecule has 5 heteroatoms. The first-order chi connectivity index (χ1) is 9.65. The summed E-state index contributed by atoms with van der Waals surface area (Å²) in [5.41, 5.74) is 0.730. The zero-order chi connectivity index (χ0) is 14.4. The maximum absolute atomic E-state index is 11.9. The second-order valence-electron chi connectivity index (χ2n) is 5.26. The lowest BCUT2D eigenvalue weighted by atomic mass is 9.93. The molecular weight excluding hydrogens is 272 g/mol. The standard InChI is InChI=1S/C15H22N2O2S/c1-20(19)14-4-2-3-13(11-14)17-15(18)6-5-12-7-9-16-10-8-12/h2-4,11-12,16H,5-10H2,1H3,(H,17,18). The molecule has 1 amide bonds. The van der Waals surface area contributed by atoms with Gasteiger partial charge in [-0.05, 0) is 56.5 Å². The second kappa shape index (κ2) is 7.55. The van der Waals surface area contributed by atoms with Gasteiger partial charge in [-0.1, -0.05) is 6.07 Å². The summed E-state index contributed by atoms with van der Waals surface area (Å²) in [7, 11) is -1.02. The molecule has 0 aromatic heterocycles. The molecule has 1 saturated heterocycles. The van der Waals surface area contributed by atoms with Crippen molar-refractivity contribution in [3.8, 4) is 0 Å². The van der Waals surface area contributed by atoms with Crippen LogP contribution in [-0.2, 0) is 15.6 Å². The van der Waals surface area contributed by atoms with Crippen molar-refractivity contribution < 1.29 is 9.00 Å². The third-order valence-electron chi connectivity index (χ3n) is 3.69. The molecule has 2 rings (SSSR count). The van der Waals surface area contributed by atoms with Crippen LogP contribution in [0.2, 0.25) is 0 Å². The fourth-order valence-electron chi connectivity index (χ4n) is 2.48. The number of hydrogen-bond acceptors (Lipinski definition) is 3. The first kappa shape index (κ1) is 15.2. The number of amides is 1. The van der Waals surface area contributed by atoms with Gasteiger partial charge in [0.25, 0.3) is 0 Å². The monoisotopic (exact) mass is 294 g/mol. The average Bonchev–Trinajstić information content (AvgIpc) is 2.46. The predicted molar refractivity (Wildman–Crippen MR) is 82.2 cm³/mol. The average molecular weight is 294 g/mol. The summed E-state index contributed by atoms with van der Waals surface area (Å²) in [6, 6.07) is 7.23. The van der Waals surface area contributed by atoms with Crippen molar-refractivity contribution in [3.05, 3.63) is 24.3 Å². The molecule has 1 aromatic carbocycles. The Labute approximate surface area is 122 Å². The molecule has 1 aliphatic rings. The summed E-state index contributed by atoms with van der Waals surface area (Å²) >= 11 is 0. The van der Waals surface area contributed by atoms with Crippen LogP contribution in [0.15, 0.2) is 29.2 Å². The Balaban J connectivity index is 1.81. The highest BCUT2D eigenvalue weighted by Gasteiger charge is 2.14. The number of anilines is 1. The van der Waals surface area contributed by atoms with E-state index in [1.165, 1.54) is 0 Å². The van der Waals surface area contributed by atoms with Crippen molar-refractivity contribution in [2.45, 2.75) is 30.6 Å². The van der Waals surface area contributed by atoms with Crippen LogP contribution in [0.4, 0.5) is 5.69 Å². The lowest BCUT2D eigenvalue weighted by Crippen LogP contribution is -2.28. The Morgan fingerprint density at radius 2 is 2.15 bits per heavy atom. The number of nitrogens with one attached hydrogen (secondary N) is 2. The first-order valence-electron chi connectivity index (χ1n) is 7.09. The van der Waals surface area contributed by atoms with E-state index < -0.39 is 10.8 Å². The third-order valence-corrected chi connectivity index (χ3v) is 4.61. The van der Waals surface area contributed by atoms with Crippen LogP contribution in [0, 0.1) is 5.92 Å². The zero-order valence-electron chi connectivity index (χ0n) is 11.9. The SMILES string of the molecule is CS(=O)c1cccc(NC(=O)CCC2CCNCC2)c1. The Morgan fingerprint density at radius 3 is 2.85 bits per heavy atom. The summed E-state index contributed by atoms with van der Waals surface area (Å²) in [5, 5.41) is 6.22. The molecular formula is C15H22N2O2S. The molecule has 0 bridgehead atoms. The van der Waals surface area contributed by atoms with E-state index in [0.717, 1.165) is 42.9 Å². The second-order valence-corrected chi connectivity index (χ2v) is 6.64. The minimum Gasteiger partial charge on any atom is -0.326 e. The maximum atomic E-state index is 11.9. The Morgan fingerprint density at radius 1 is 1.40 bits per heavy atom. The molecule has 0 spiro atoms. The highest BCUT2D eigenvalue weighted by molar-refractivity contribution is 7.84. The van der Waals surface area contributed by atoms with Gasteiger partial charge >= 0.3 is 0 Å². The zero-order valence-corrected chi connectivity index (χ0v) is 12.7. The summed E-state index contributed by atoms with van der Waals surface area (Å²) in [4.78, 5) is 12.7. The molecule has 0 saturated carbocycles. The van der Waals surface area contributed by atoms with Crippen LogP contribution < -0.4 is 10.6 Å². The summed E-state index contributed by atoms with van der Waals surface area (Å²) in [6.45, 7) is 2.13. The van der Waals surface area contributed by atoms with E-state index in [4.69, 9.17) is 0 Å². The quantitative estimate of drug-likeness (QED) is 0.875. The normalized spacial score (nSPS) is 17.6. The number of hydrogen-bond donors (Lipinski definition) is 2. The molecule has 1 unspecified atom stereocenters. The van der Waals surface area contributed by atoms with E-state index in [0.29, 0.717) is 12.3 Å². The van der Waals surface area contributed by atoms with Gasteiger partial charge in [0.1, 0.15) is 0 Å². The number of carbonyl (C=O) groups is 1. The molecule has 1 aliphatic heterocycles. The van der Waals surface area contributed by atoms with Crippen molar-refractivity contribution in [2.24, 2.45) is 5.92 Å². The van der Waals surface area contributed by atoms with Crippen LogP contribution in [0.3, 0.4) is 0 Å². The van der Waals surface area contributed by atoms with Crippen LogP contribution in [-0.4, -0.2) is 29.5 Å². The fourth-order valence-corrected chi connectivity index (χ4v) is 3.04. The molecule has 1 aromatic rings. The van der Waals surface area contributed by atoms with Crippen molar-refractivity contribution in [1.82, 2.24) is 5.32 Å². The van der Waals surface area contributed by atoms with Gasteiger partial charge in [0.2, 0.25) is 5.91 Å². The lowest BCUT2D eigenvalue weighted by molar-refractivity contribution is -0.116. The minimum absolute atomic E-state index is 0.0440. The van der Waals surface area contributed by atoms with Crippen LogP contribution in [0.5, 0.6) is 0 Å². The van der Waals surface area contributed by atoms with Crippen LogP contribution in [0.25, 0.3) is 0 Å². The van der Waals surface area contributed by atoms with E-state index >= 15 is 0 Å². The highest BCUT2D eigenvalue weighted by Crippen LogP contribution is 2.19. The molecule has 110 valence electrons. The van der Waals surface area contributed by atoms with E-state index in [-0.39, 0.29) is 5.91 Å². The van der Waals surface area contributed by atoms with Crippen molar-refractivity contribution in [1.29, 1.82) is 0 Å². The molecule has 1 atom stereocenters. The molecule has 0 radical (unpaired) electrons. The topological polar surface area (TPSA) is 58.2 Å². The summed E-state index contributed by atoms with van der Waals surface area (Å²) < 4.78 is 11.4. The minimum atomic E-state index is -1.02. The first-order valence-corrected chi connectivity index (χ1v) is 8.65.